The maximum Gasteiger partial charge on any atom is 1.00 e. The van der Waals surface area contributed by atoms with Crippen LogP contribution in [-0.4, -0.2) is 39.1 Å². The van der Waals surface area contributed by atoms with Crippen LogP contribution in [0.3, 0.4) is 0 Å². The molecular weight excluding hydrogens is 324 g/mol. The van der Waals surface area contributed by atoms with Gasteiger partial charge in [0.15, 0.2) is 0 Å². The van der Waals surface area contributed by atoms with Crippen LogP contribution >= 0.6 is 23.5 Å². The van der Waals surface area contributed by atoms with E-state index in [1.54, 1.807) is 0 Å². The fourth-order valence-electron chi connectivity index (χ4n) is 0. The van der Waals surface area contributed by atoms with E-state index in [2.05, 4.69) is 0 Å². The van der Waals surface area contributed by atoms with Crippen LogP contribution in [0.1, 0.15) is 0 Å². The normalized spacial score (nSPS) is 11.1. The monoisotopic (exact) mass is 332 g/mol. The van der Waals surface area contributed by atoms with E-state index in [4.69, 9.17) is 57.7 Å². The van der Waals surface area contributed by atoms with Crippen molar-refractivity contribution in [1.82, 2.24) is 0 Å². The first kappa shape index (κ1) is 26.5. The van der Waals surface area contributed by atoms with Gasteiger partial charge in [-0.2, -0.15) is 0 Å². The summed E-state index contributed by atoms with van der Waals surface area (Å²) in [6.45, 7) is 0. The van der Waals surface area contributed by atoms with Crippen LogP contribution in [0.2, 0.25) is 0 Å². The van der Waals surface area contributed by atoms with Crippen LogP contribution in [0.5, 0.6) is 0 Å². The molecule has 12 nitrogen and oxygen atoms in total. The average molecular weight is 332 g/mol. The molecule has 0 radical (unpaired) electrons. The second-order valence-electron chi connectivity index (χ2n) is 1.52. The molecule has 8 N–H and O–H groups in total. The molecule has 96 valence electrons. The Labute approximate surface area is 131 Å². The molecule has 0 aromatic heterocycles. The summed E-state index contributed by atoms with van der Waals surface area (Å²) in [5.41, 5.74) is 0. The Kier molecular flexibility index (Phi) is 18.0. The summed E-state index contributed by atoms with van der Waals surface area (Å²) >= 11 is 0. The molecular formula is H8KO12P3. The van der Waals surface area contributed by atoms with E-state index in [0.29, 0.717) is 0 Å². The van der Waals surface area contributed by atoms with Crippen molar-refractivity contribution in [2.75, 3.05) is 0 Å². The molecule has 0 spiro atoms. The largest absolute Gasteiger partial charge is 1.00 e. The molecule has 0 saturated carbocycles. The van der Waals surface area contributed by atoms with Crippen molar-refractivity contribution >= 4 is 23.5 Å². The molecule has 0 amide bonds. The van der Waals surface area contributed by atoms with Crippen molar-refractivity contribution in [3.63, 3.8) is 0 Å². The summed E-state index contributed by atoms with van der Waals surface area (Å²) in [4.78, 5) is 66.0. The van der Waals surface area contributed by atoms with Crippen molar-refractivity contribution in [2.45, 2.75) is 0 Å². The molecule has 0 heterocycles. The van der Waals surface area contributed by atoms with E-state index in [9.17, 15) is 0 Å². The van der Waals surface area contributed by atoms with Crippen molar-refractivity contribution < 1.29 is 109 Å². The van der Waals surface area contributed by atoms with E-state index < -0.39 is 23.5 Å². The van der Waals surface area contributed by atoms with Gasteiger partial charge in [0.05, 0.1) is 0 Å². The second kappa shape index (κ2) is 10.8. The zero-order chi connectivity index (χ0) is 13.5. The molecule has 16 heteroatoms. The van der Waals surface area contributed by atoms with Crippen molar-refractivity contribution in [2.24, 2.45) is 0 Å². The standard InChI is InChI=1S/K.3H3O4P/c;3*1-5(2,3)4/h;3*(H3,1,2,3,4)/q+1;;;/p-1. The number of hydrogen-bond acceptors (Lipinski definition) is 4. The fourth-order valence-corrected chi connectivity index (χ4v) is 0. The summed E-state index contributed by atoms with van der Waals surface area (Å²) in [5.74, 6) is 0. The summed E-state index contributed by atoms with van der Waals surface area (Å²) in [6, 6.07) is 0. The van der Waals surface area contributed by atoms with Crippen LogP contribution in [0.15, 0.2) is 0 Å². The first-order valence-corrected chi connectivity index (χ1v) is 6.99. The molecule has 0 aromatic rings. The molecule has 0 atom stereocenters. The maximum atomic E-state index is 8.88. The van der Waals surface area contributed by atoms with Crippen molar-refractivity contribution in [3.05, 3.63) is 0 Å². The van der Waals surface area contributed by atoms with Gasteiger partial charge in [-0.15, -0.1) is 0 Å². The van der Waals surface area contributed by atoms with Crippen LogP contribution in [0.25, 0.3) is 0 Å². The molecule has 16 heavy (non-hydrogen) atoms. The van der Waals surface area contributed by atoms with Crippen LogP contribution in [0.4, 0.5) is 0 Å². The Hall–Kier alpha value is 1.97. The summed E-state index contributed by atoms with van der Waals surface area (Å²) in [7, 11) is -14.2. The molecule has 0 bridgehead atoms. The average Bonchev–Trinajstić information content (AvgIpc) is 1.41. The minimum atomic E-state index is -4.89. The first-order chi connectivity index (χ1) is 6.00. The van der Waals surface area contributed by atoms with Crippen LogP contribution in [0, 0.1) is 0 Å². The van der Waals surface area contributed by atoms with Crippen LogP contribution in [-0.2, 0) is 13.7 Å². The fraction of sp³-hybridized carbons (Fsp3) is 0. The Bertz CT molecular complexity index is 202. The maximum absolute atomic E-state index is 8.88. The van der Waals surface area contributed by atoms with Gasteiger partial charge in [-0.3, -0.25) is 4.57 Å². The quantitative estimate of drug-likeness (QED) is 0.153. The third-order valence-electron chi connectivity index (χ3n) is 0. The number of phosphoric acid groups is 3. The van der Waals surface area contributed by atoms with E-state index >= 15 is 0 Å². The Morgan fingerprint density at radius 3 is 0.625 bits per heavy atom. The third-order valence-corrected chi connectivity index (χ3v) is 0. The Morgan fingerprint density at radius 1 is 0.625 bits per heavy atom. The molecule has 0 aliphatic rings. The number of hydrogen-bond donors (Lipinski definition) is 8. The van der Waals surface area contributed by atoms with Gasteiger partial charge in [0, 0.05) is 0 Å². The zero-order valence-electron chi connectivity index (χ0n) is 7.55. The Morgan fingerprint density at radius 2 is 0.625 bits per heavy atom. The van der Waals surface area contributed by atoms with Gasteiger partial charge in [0.1, 0.15) is 0 Å². The summed E-state index contributed by atoms with van der Waals surface area (Å²) in [5, 5.41) is 0. The third kappa shape index (κ3) is 925. The van der Waals surface area contributed by atoms with E-state index in [1.165, 1.54) is 0 Å². The predicted molar refractivity (Wildman–Crippen MR) is 40.6 cm³/mol. The molecule has 0 aliphatic carbocycles. The van der Waals surface area contributed by atoms with Gasteiger partial charge in [0.2, 0.25) is 0 Å². The number of rotatable bonds is 0. The van der Waals surface area contributed by atoms with Gasteiger partial charge in [-0.25, -0.2) is 9.13 Å². The minimum Gasteiger partial charge on any atom is -0.756 e. The van der Waals surface area contributed by atoms with Gasteiger partial charge >= 0.3 is 67.0 Å². The van der Waals surface area contributed by atoms with Gasteiger partial charge in [-0.05, 0) is 0 Å². The van der Waals surface area contributed by atoms with Gasteiger partial charge in [0.25, 0.3) is 7.82 Å². The van der Waals surface area contributed by atoms with E-state index in [1.807, 2.05) is 0 Å². The van der Waals surface area contributed by atoms with Crippen LogP contribution < -0.4 is 56.3 Å². The molecule has 0 aliphatic heterocycles. The molecule has 0 rings (SSSR count). The molecule has 0 fully saturated rings. The van der Waals surface area contributed by atoms with Gasteiger partial charge < -0.3 is 44.0 Å². The topological polar surface area (TPSA) is 236 Å². The van der Waals surface area contributed by atoms with E-state index in [-0.39, 0.29) is 51.4 Å². The van der Waals surface area contributed by atoms with Crippen molar-refractivity contribution in [3.8, 4) is 0 Å². The van der Waals surface area contributed by atoms with E-state index in [0.717, 1.165) is 0 Å². The molecule has 0 aromatic carbocycles. The second-order valence-corrected chi connectivity index (χ2v) is 4.55. The first-order valence-electron chi connectivity index (χ1n) is 2.33. The Balaban J connectivity index is -0.0000000655. The molecule has 0 unspecified atom stereocenters. The predicted octanol–water partition coefficient (Wildman–Crippen LogP) is -6.41. The van der Waals surface area contributed by atoms with Crippen molar-refractivity contribution in [1.29, 1.82) is 0 Å². The minimum absolute atomic E-state index is 0. The SMILES string of the molecule is O=P(O)(O)O.O=P(O)(O)O.O=P([O-])(O)O.[K+]. The smallest absolute Gasteiger partial charge is 0.756 e. The van der Waals surface area contributed by atoms with Gasteiger partial charge in [-0.1, -0.05) is 0 Å². The summed E-state index contributed by atoms with van der Waals surface area (Å²) in [6.07, 6.45) is 0. The molecule has 0 saturated heterocycles. The zero-order valence-corrected chi connectivity index (χ0v) is 13.4. The summed E-state index contributed by atoms with van der Waals surface area (Å²) < 4.78 is 26.5.